The van der Waals surface area contributed by atoms with Crippen molar-refractivity contribution in [3.05, 3.63) is 28.2 Å². The van der Waals surface area contributed by atoms with Crippen LogP contribution < -0.4 is 5.32 Å². The molecule has 98 valence electrons. The minimum absolute atomic E-state index is 0.0933. The van der Waals surface area contributed by atoms with Crippen LogP contribution in [0.1, 0.15) is 31.2 Å². The molecule has 1 aromatic rings. The SMILES string of the molecule is N#Cc1cc(Br)ccc1NC(=O)C1C2CCCCC21. The number of halogens is 1. The van der Waals surface area contributed by atoms with Crippen LogP contribution in [0.15, 0.2) is 22.7 Å². The summed E-state index contributed by atoms with van der Waals surface area (Å²) < 4.78 is 0.849. The first-order valence-electron chi connectivity index (χ1n) is 6.71. The van der Waals surface area contributed by atoms with Crippen LogP contribution in [0, 0.1) is 29.1 Å². The molecule has 2 saturated carbocycles. The van der Waals surface area contributed by atoms with Crippen molar-refractivity contribution in [2.24, 2.45) is 17.8 Å². The normalized spacial score (nSPS) is 28.1. The van der Waals surface area contributed by atoms with Gasteiger partial charge in [-0.1, -0.05) is 28.8 Å². The van der Waals surface area contributed by atoms with Crippen LogP contribution in [0.4, 0.5) is 5.69 Å². The van der Waals surface area contributed by atoms with Crippen molar-refractivity contribution in [2.45, 2.75) is 25.7 Å². The highest BCUT2D eigenvalue weighted by atomic mass is 79.9. The van der Waals surface area contributed by atoms with E-state index in [-0.39, 0.29) is 11.8 Å². The van der Waals surface area contributed by atoms with E-state index in [4.69, 9.17) is 5.26 Å². The molecule has 2 unspecified atom stereocenters. The predicted molar refractivity (Wildman–Crippen MR) is 76.4 cm³/mol. The summed E-state index contributed by atoms with van der Waals surface area (Å²) in [6.07, 6.45) is 4.89. The maximum absolute atomic E-state index is 12.3. The molecule has 3 nitrogen and oxygen atoms in total. The van der Waals surface area contributed by atoms with Crippen LogP contribution in [-0.2, 0) is 4.79 Å². The van der Waals surface area contributed by atoms with Crippen LogP contribution in [0.5, 0.6) is 0 Å². The Bertz CT molecular complexity index is 552. The minimum atomic E-state index is 0.0933. The van der Waals surface area contributed by atoms with Gasteiger partial charge in [0.15, 0.2) is 0 Å². The maximum atomic E-state index is 12.3. The molecule has 1 aromatic carbocycles. The first kappa shape index (κ1) is 12.7. The molecule has 2 fully saturated rings. The smallest absolute Gasteiger partial charge is 0.228 e. The molecule has 2 aliphatic rings. The molecule has 0 bridgehead atoms. The molecule has 0 spiro atoms. The molecule has 3 rings (SSSR count). The summed E-state index contributed by atoms with van der Waals surface area (Å²) in [5, 5.41) is 12.0. The zero-order valence-corrected chi connectivity index (χ0v) is 12.1. The van der Waals surface area contributed by atoms with Crippen molar-refractivity contribution in [1.82, 2.24) is 0 Å². The second-order valence-corrected chi connectivity index (χ2v) is 6.34. The quantitative estimate of drug-likeness (QED) is 0.904. The number of hydrogen-bond donors (Lipinski definition) is 1. The van der Waals surface area contributed by atoms with Crippen LogP contribution in [-0.4, -0.2) is 5.91 Å². The van der Waals surface area contributed by atoms with Crippen molar-refractivity contribution in [3.8, 4) is 6.07 Å². The molecule has 1 amide bonds. The second-order valence-electron chi connectivity index (χ2n) is 5.43. The number of fused-ring (bicyclic) bond motifs is 1. The Hall–Kier alpha value is -1.34. The van der Waals surface area contributed by atoms with E-state index in [0.29, 0.717) is 23.1 Å². The fraction of sp³-hybridized carbons (Fsp3) is 0.467. The number of nitriles is 1. The molecule has 0 heterocycles. The molecule has 0 radical (unpaired) electrons. The first-order valence-corrected chi connectivity index (χ1v) is 7.50. The number of carbonyl (C=O) groups is 1. The molecular weight excluding hydrogens is 304 g/mol. The molecule has 2 aliphatic carbocycles. The lowest BCUT2D eigenvalue weighted by Gasteiger charge is -2.07. The summed E-state index contributed by atoms with van der Waals surface area (Å²) in [7, 11) is 0. The van der Waals surface area contributed by atoms with Gasteiger partial charge in [-0.05, 0) is 42.9 Å². The molecule has 2 atom stereocenters. The van der Waals surface area contributed by atoms with E-state index < -0.39 is 0 Å². The van der Waals surface area contributed by atoms with Gasteiger partial charge in [-0.2, -0.15) is 5.26 Å². The van der Waals surface area contributed by atoms with Gasteiger partial charge in [0, 0.05) is 10.4 Å². The lowest BCUT2D eigenvalue weighted by Crippen LogP contribution is -2.16. The Morgan fingerprint density at radius 2 is 2.00 bits per heavy atom. The number of hydrogen-bond acceptors (Lipinski definition) is 2. The van der Waals surface area contributed by atoms with E-state index in [1.807, 2.05) is 6.07 Å². The predicted octanol–water partition coefficient (Wildman–Crippen LogP) is 3.70. The van der Waals surface area contributed by atoms with Gasteiger partial charge >= 0.3 is 0 Å². The van der Waals surface area contributed by atoms with E-state index in [0.717, 1.165) is 4.47 Å². The summed E-state index contributed by atoms with van der Waals surface area (Å²) in [5.41, 5.74) is 1.13. The second kappa shape index (κ2) is 4.97. The third-order valence-corrected chi connectivity index (χ3v) is 4.81. The molecule has 1 N–H and O–H groups in total. The third-order valence-electron chi connectivity index (χ3n) is 4.32. The average Bonchev–Trinajstić information content (AvgIpc) is 3.15. The van der Waals surface area contributed by atoms with Gasteiger partial charge in [-0.15, -0.1) is 0 Å². The van der Waals surface area contributed by atoms with E-state index in [1.165, 1.54) is 25.7 Å². The summed E-state index contributed by atoms with van der Waals surface area (Å²) in [5.74, 6) is 1.46. The van der Waals surface area contributed by atoms with Gasteiger partial charge in [0.1, 0.15) is 6.07 Å². The Kier molecular flexibility index (Phi) is 3.32. The molecule has 19 heavy (non-hydrogen) atoms. The van der Waals surface area contributed by atoms with E-state index in [1.54, 1.807) is 12.1 Å². The summed E-state index contributed by atoms with van der Waals surface area (Å²) in [6, 6.07) is 7.48. The number of anilines is 1. The summed E-state index contributed by atoms with van der Waals surface area (Å²) >= 11 is 3.33. The van der Waals surface area contributed by atoms with E-state index in [9.17, 15) is 4.79 Å². The third kappa shape index (κ3) is 2.40. The number of rotatable bonds is 2. The van der Waals surface area contributed by atoms with Crippen molar-refractivity contribution < 1.29 is 4.79 Å². The Balaban J connectivity index is 1.72. The van der Waals surface area contributed by atoms with Gasteiger partial charge < -0.3 is 5.32 Å². The van der Waals surface area contributed by atoms with Gasteiger partial charge in [0.25, 0.3) is 0 Å². The Morgan fingerprint density at radius 1 is 1.32 bits per heavy atom. The molecule has 0 aliphatic heterocycles. The Labute approximate surface area is 121 Å². The lowest BCUT2D eigenvalue weighted by atomic mass is 10.0. The molecule has 0 saturated heterocycles. The van der Waals surface area contributed by atoms with Gasteiger partial charge in [0.05, 0.1) is 11.3 Å². The van der Waals surface area contributed by atoms with Crippen LogP contribution in [0.25, 0.3) is 0 Å². The van der Waals surface area contributed by atoms with Crippen molar-refractivity contribution in [2.75, 3.05) is 5.32 Å². The zero-order chi connectivity index (χ0) is 13.4. The van der Waals surface area contributed by atoms with E-state index >= 15 is 0 Å². The minimum Gasteiger partial charge on any atom is -0.325 e. The summed E-state index contributed by atoms with van der Waals surface area (Å²) in [6.45, 7) is 0. The van der Waals surface area contributed by atoms with Gasteiger partial charge in [0.2, 0.25) is 5.91 Å². The lowest BCUT2D eigenvalue weighted by molar-refractivity contribution is -0.117. The van der Waals surface area contributed by atoms with E-state index in [2.05, 4.69) is 27.3 Å². The topological polar surface area (TPSA) is 52.9 Å². The first-order chi connectivity index (χ1) is 9.20. The summed E-state index contributed by atoms with van der Waals surface area (Å²) in [4.78, 5) is 12.3. The van der Waals surface area contributed by atoms with Crippen molar-refractivity contribution in [1.29, 1.82) is 5.26 Å². The highest BCUT2D eigenvalue weighted by Gasteiger charge is 2.54. The highest BCUT2D eigenvalue weighted by molar-refractivity contribution is 9.10. The molecular formula is C15H15BrN2O. The Morgan fingerprint density at radius 3 is 2.63 bits per heavy atom. The fourth-order valence-electron chi connectivity index (χ4n) is 3.32. The largest absolute Gasteiger partial charge is 0.325 e. The highest BCUT2D eigenvalue weighted by Crippen LogP contribution is 2.55. The van der Waals surface area contributed by atoms with Gasteiger partial charge in [-0.3, -0.25) is 4.79 Å². The number of carbonyl (C=O) groups excluding carboxylic acids is 1. The van der Waals surface area contributed by atoms with Gasteiger partial charge in [-0.25, -0.2) is 0 Å². The molecule has 0 aromatic heterocycles. The van der Waals surface area contributed by atoms with Crippen molar-refractivity contribution in [3.63, 3.8) is 0 Å². The maximum Gasteiger partial charge on any atom is 0.228 e. The standard InChI is InChI=1S/C15H15BrN2O/c16-10-5-6-13(9(7-10)8-17)18-15(19)14-11-3-1-2-4-12(11)14/h5-7,11-12,14H,1-4H2,(H,18,19). The number of amides is 1. The number of nitrogens with zero attached hydrogens (tertiary/aromatic N) is 1. The van der Waals surface area contributed by atoms with Crippen molar-refractivity contribution >= 4 is 27.5 Å². The number of benzene rings is 1. The van der Waals surface area contributed by atoms with Crippen LogP contribution in [0.3, 0.4) is 0 Å². The molecule has 4 heteroatoms. The number of nitrogens with one attached hydrogen (secondary N) is 1. The fourth-order valence-corrected chi connectivity index (χ4v) is 3.68. The van der Waals surface area contributed by atoms with Crippen LogP contribution >= 0.6 is 15.9 Å². The monoisotopic (exact) mass is 318 g/mol. The zero-order valence-electron chi connectivity index (χ0n) is 10.5. The average molecular weight is 319 g/mol. The van der Waals surface area contributed by atoms with Crippen LogP contribution in [0.2, 0.25) is 0 Å².